The topological polar surface area (TPSA) is 47.0 Å². The van der Waals surface area contributed by atoms with Gasteiger partial charge in [-0.15, -0.1) is 17.8 Å². The molecule has 0 aromatic carbocycles. The SMILES string of the molecule is C#Cc1cc2c(s1)C(=O)c1ccncc1C2=O. The van der Waals surface area contributed by atoms with Gasteiger partial charge in [-0.3, -0.25) is 14.6 Å². The van der Waals surface area contributed by atoms with Crippen molar-refractivity contribution in [2.24, 2.45) is 0 Å². The molecule has 17 heavy (non-hydrogen) atoms. The molecule has 0 spiro atoms. The first-order valence-corrected chi connectivity index (χ1v) is 5.68. The largest absolute Gasteiger partial charge is 0.288 e. The molecule has 0 radical (unpaired) electrons. The fourth-order valence-corrected chi connectivity index (χ4v) is 2.76. The van der Waals surface area contributed by atoms with Crippen molar-refractivity contribution >= 4 is 22.9 Å². The molecule has 1 aliphatic carbocycles. The summed E-state index contributed by atoms with van der Waals surface area (Å²) in [7, 11) is 0. The van der Waals surface area contributed by atoms with E-state index in [9.17, 15) is 9.59 Å². The number of hydrogen-bond acceptors (Lipinski definition) is 4. The van der Waals surface area contributed by atoms with Crippen molar-refractivity contribution in [3.63, 3.8) is 0 Å². The molecule has 1 aliphatic rings. The van der Waals surface area contributed by atoms with Gasteiger partial charge < -0.3 is 0 Å². The van der Waals surface area contributed by atoms with Crippen LogP contribution in [0.4, 0.5) is 0 Å². The van der Waals surface area contributed by atoms with Crippen LogP contribution >= 0.6 is 11.3 Å². The zero-order valence-corrected chi connectivity index (χ0v) is 9.38. The molecule has 0 fully saturated rings. The molecule has 2 aromatic rings. The van der Waals surface area contributed by atoms with Crippen LogP contribution in [0.15, 0.2) is 24.5 Å². The molecule has 4 heteroatoms. The fourth-order valence-electron chi connectivity index (χ4n) is 1.84. The molecule has 0 unspecified atom stereocenters. The second-order valence-electron chi connectivity index (χ2n) is 3.58. The average Bonchev–Trinajstić information content (AvgIpc) is 2.80. The number of pyridine rings is 1. The Bertz CT molecular complexity index is 654. The van der Waals surface area contributed by atoms with Gasteiger partial charge in [0.25, 0.3) is 0 Å². The van der Waals surface area contributed by atoms with Crippen molar-refractivity contribution in [3.8, 4) is 12.3 Å². The summed E-state index contributed by atoms with van der Waals surface area (Å²) in [6, 6.07) is 3.16. The number of aromatic nitrogens is 1. The Morgan fingerprint density at radius 1 is 1.18 bits per heavy atom. The van der Waals surface area contributed by atoms with E-state index >= 15 is 0 Å². The summed E-state index contributed by atoms with van der Waals surface area (Å²) in [4.78, 5) is 29.2. The van der Waals surface area contributed by atoms with Crippen molar-refractivity contribution in [1.82, 2.24) is 4.98 Å². The maximum absolute atomic E-state index is 12.1. The molecule has 2 heterocycles. The molecule has 0 saturated heterocycles. The molecule has 0 bridgehead atoms. The van der Waals surface area contributed by atoms with Crippen LogP contribution in [0.25, 0.3) is 0 Å². The van der Waals surface area contributed by atoms with E-state index in [1.165, 1.54) is 23.7 Å². The van der Waals surface area contributed by atoms with E-state index in [0.29, 0.717) is 26.4 Å². The van der Waals surface area contributed by atoms with Crippen LogP contribution < -0.4 is 0 Å². The molecule has 0 N–H and O–H groups in total. The lowest BCUT2D eigenvalue weighted by molar-refractivity contribution is 0.0982. The Hall–Kier alpha value is -2.25. The number of rotatable bonds is 0. The van der Waals surface area contributed by atoms with Crippen molar-refractivity contribution < 1.29 is 9.59 Å². The van der Waals surface area contributed by atoms with Crippen molar-refractivity contribution in [2.75, 3.05) is 0 Å². The highest BCUT2D eigenvalue weighted by molar-refractivity contribution is 7.15. The van der Waals surface area contributed by atoms with Gasteiger partial charge in [0.05, 0.1) is 15.3 Å². The molecule has 0 atom stereocenters. The lowest BCUT2D eigenvalue weighted by atomic mass is 9.90. The van der Waals surface area contributed by atoms with Crippen LogP contribution in [0.2, 0.25) is 0 Å². The molecule has 0 amide bonds. The second kappa shape index (κ2) is 3.37. The van der Waals surface area contributed by atoms with E-state index in [1.807, 2.05) is 0 Å². The molecule has 2 aromatic heterocycles. The van der Waals surface area contributed by atoms with Gasteiger partial charge in [-0.05, 0) is 12.1 Å². The maximum Gasteiger partial charge on any atom is 0.204 e. The molecule has 3 nitrogen and oxygen atoms in total. The summed E-state index contributed by atoms with van der Waals surface area (Å²) in [6.45, 7) is 0. The van der Waals surface area contributed by atoms with E-state index < -0.39 is 0 Å². The number of carbonyl (C=O) groups is 2. The number of nitrogens with zero attached hydrogens (tertiary/aromatic N) is 1. The maximum atomic E-state index is 12.1. The third-order valence-electron chi connectivity index (χ3n) is 2.64. The molecular weight excluding hydrogens is 234 g/mol. The second-order valence-corrected chi connectivity index (χ2v) is 4.63. The highest BCUT2D eigenvalue weighted by atomic mass is 32.1. The summed E-state index contributed by atoms with van der Waals surface area (Å²) in [5, 5.41) is 0. The molecule has 0 saturated carbocycles. The number of carbonyl (C=O) groups excluding carboxylic acids is 2. The Balaban J connectivity index is 2.32. The first kappa shape index (κ1) is 9.94. The molecule has 3 rings (SSSR count). The van der Waals surface area contributed by atoms with E-state index in [0.717, 1.165) is 0 Å². The minimum absolute atomic E-state index is 0.150. The van der Waals surface area contributed by atoms with Crippen molar-refractivity contribution in [2.45, 2.75) is 0 Å². The first-order chi connectivity index (χ1) is 8.22. The van der Waals surface area contributed by atoms with Crippen LogP contribution in [0.3, 0.4) is 0 Å². The Kier molecular flexibility index (Phi) is 1.97. The lowest BCUT2D eigenvalue weighted by Crippen LogP contribution is -2.18. The highest BCUT2D eigenvalue weighted by Crippen LogP contribution is 2.32. The van der Waals surface area contributed by atoms with E-state index in [1.54, 1.807) is 12.1 Å². The third kappa shape index (κ3) is 1.26. The molecular formula is C13H5NO2S. The van der Waals surface area contributed by atoms with Gasteiger partial charge in [0.15, 0.2) is 5.78 Å². The average molecular weight is 239 g/mol. The number of fused-ring (bicyclic) bond motifs is 2. The Morgan fingerprint density at radius 2 is 2.00 bits per heavy atom. The zero-order valence-electron chi connectivity index (χ0n) is 8.56. The number of terminal acetylenes is 1. The monoisotopic (exact) mass is 239 g/mol. The van der Waals surface area contributed by atoms with Crippen molar-refractivity contribution in [3.05, 3.63) is 51.0 Å². The summed E-state index contributed by atoms with van der Waals surface area (Å²) in [5.41, 5.74) is 1.16. The molecule has 0 aliphatic heterocycles. The van der Waals surface area contributed by atoms with E-state index in [2.05, 4.69) is 10.9 Å². The van der Waals surface area contributed by atoms with Crippen LogP contribution in [0.1, 0.15) is 36.0 Å². The lowest BCUT2D eigenvalue weighted by Gasteiger charge is -2.12. The summed E-state index contributed by atoms with van der Waals surface area (Å²) in [6.07, 6.45) is 8.21. The number of ketones is 2. The quantitative estimate of drug-likeness (QED) is 0.563. The van der Waals surface area contributed by atoms with Crippen LogP contribution in [0.5, 0.6) is 0 Å². The summed E-state index contributed by atoms with van der Waals surface area (Å²) in [5.74, 6) is 2.12. The van der Waals surface area contributed by atoms with Crippen LogP contribution in [0, 0.1) is 12.3 Å². The van der Waals surface area contributed by atoms with Crippen LogP contribution in [-0.2, 0) is 0 Å². The van der Waals surface area contributed by atoms with Crippen LogP contribution in [-0.4, -0.2) is 16.6 Å². The normalized spacial score (nSPS) is 12.9. The van der Waals surface area contributed by atoms with Gasteiger partial charge in [0.2, 0.25) is 5.78 Å². The minimum Gasteiger partial charge on any atom is -0.288 e. The van der Waals surface area contributed by atoms with Crippen molar-refractivity contribution in [1.29, 1.82) is 0 Å². The Morgan fingerprint density at radius 3 is 2.76 bits per heavy atom. The highest BCUT2D eigenvalue weighted by Gasteiger charge is 2.31. The zero-order chi connectivity index (χ0) is 12.0. The van der Waals surface area contributed by atoms with Gasteiger partial charge in [-0.2, -0.15) is 0 Å². The minimum atomic E-state index is -0.180. The third-order valence-corrected chi connectivity index (χ3v) is 3.70. The van der Waals surface area contributed by atoms with Gasteiger partial charge in [0, 0.05) is 23.5 Å². The van der Waals surface area contributed by atoms with E-state index in [4.69, 9.17) is 6.42 Å². The number of hydrogen-bond donors (Lipinski definition) is 0. The predicted octanol–water partition coefficient (Wildman–Crippen LogP) is 1.90. The standard InChI is InChI=1S/C13H5NO2S/c1-2-7-5-9-11(15)10-6-14-4-3-8(10)12(16)13(9)17-7/h1,3-6H. The van der Waals surface area contributed by atoms with Gasteiger partial charge >= 0.3 is 0 Å². The Labute approximate surface area is 101 Å². The summed E-state index contributed by atoms with van der Waals surface area (Å²) >= 11 is 1.18. The fraction of sp³-hybridized carbons (Fsp3) is 0. The first-order valence-electron chi connectivity index (χ1n) is 4.86. The summed E-state index contributed by atoms with van der Waals surface area (Å²) < 4.78 is 0. The van der Waals surface area contributed by atoms with Gasteiger partial charge in [-0.25, -0.2) is 0 Å². The molecule has 80 valence electrons. The van der Waals surface area contributed by atoms with Gasteiger partial charge in [0.1, 0.15) is 0 Å². The predicted molar refractivity (Wildman–Crippen MR) is 63.4 cm³/mol. The van der Waals surface area contributed by atoms with E-state index in [-0.39, 0.29) is 11.6 Å². The van der Waals surface area contributed by atoms with Gasteiger partial charge in [-0.1, -0.05) is 5.92 Å². The number of thiophene rings is 1. The smallest absolute Gasteiger partial charge is 0.204 e.